The van der Waals surface area contributed by atoms with Crippen molar-refractivity contribution in [2.24, 2.45) is 5.92 Å². The minimum absolute atomic E-state index is 0.00910. The summed E-state index contributed by atoms with van der Waals surface area (Å²) in [5.74, 6) is -2.14. The molecule has 0 saturated carbocycles. The third kappa shape index (κ3) is 4.18. The van der Waals surface area contributed by atoms with Crippen LogP contribution in [0.25, 0.3) is 0 Å². The van der Waals surface area contributed by atoms with Gasteiger partial charge in [0, 0.05) is 25.2 Å². The number of carbonyl (C=O) groups excluding carboxylic acids is 1. The number of nitrogens with zero attached hydrogens (tertiary/aromatic N) is 2. The Hall–Kier alpha value is -2.64. The second-order valence-corrected chi connectivity index (χ2v) is 4.80. The van der Waals surface area contributed by atoms with Gasteiger partial charge in [-0.05, 0) is 19.1 Å². The lowest BCUT2D eigenvalue weighted by molar-refractivity contribution is -0.385. The number of rotatable bonds is 7. The predicted molar refractivity (Wildman–Crippen MR) is 78.0 cm³/mol. The molecule has 0 aliphatic heterocycles. The molecular weight excluding hydrogens is 292 g/mol. The van der Waals surface area contributed by atoms with Gasteiger partial charge in [-0.1, -0.05) is 6.92 Å². The molecule has 1 rings (SSSR count). The first-order chi connectivity index (χ1) is 10.3. The number of nitro groups is 1. The fourth-order valence-corrected chi connectivity index (χ4v) is 1.86. The minimum Gasteiger partial charge on any atom is -0.487 e. The van der Waals surface area contributed by atoms with Crippen LogP contribution in [0.4, 0.5) is 5.69 Å². The van der Waals surface area contributed by atoms with Crippen molar-refractivity contribution >= 4 is 17.6 Å². The Morgan fingerprint density at radius 3 is 2.59 bits per heavy atom. The first kappa shape index (κ1) is 17.4. The molecule has 1 N–H and O–H groups in total. The van der Waals surface area contributed by atoms with Crippen molar-refractivity contribution in [1.82, 2.24) is 4.90 Å². The van der Waals surface area contributed by atoms with Crippen LogP contribution in [0.5, 0.6) is 5.75 Å². The van der Waals surface area contributed by atoms with Gasteiger partial charge in [-0.25, -0.2) is 0 Å². The van der Waals surface area contributed by atoms with Crippen molar-refractivity contribution in [2.75, 3.05) is 20.2 Å². The van der Waals surface area contributed by atoms with E-state index < -0.39 is 22.7 Å². The Morgan fingerprint density at radius 2 is 2.09 bits per heavy atom. The Balaban J connectivity index is 3.01. The van der Waals surface area contributed by atoms with Crippen molar-refractivity contribution < 1.29 is 24.4 Å². The van der Waals surface area contributed by atoms with Gasteiger partial charge >= 0.3 is 11.7 Å². The number of carboxylic acids is 1. The average molecular weight is 310 g/mol. The summed E-state index contributed by atoms with van der Waals surface area (Å²) in [7, 11) is 1.45. The molecule has 22 heavy (non-hydrogen) atoms. The van der Waals surface area contributed by atoms with Crippen LogP contribution in [0.3, 0.4) is 0 Å². The molecular formula is C14H18N2O6. The quantitative estimate of drug-likeness (QED) is 0.607. The van der Waals surface area contributed by atoms with Crippen LogP contribution < -0.4 is 4.74 Å². The summed E-state index contributed by atoms with van der Waals surface area (Å²) in [6.07, 6.45) is 0. The van der Waals surface area contributed by atoms with Gasteiger partial charge in [-0.15, -0.1) is 0 Å². The maximum atomic E-state index is 12.2. The molecule has 1 aromatic rings. The molecule has 0 aromatic heterocycles. The van der Waals surface area contributed by atoms with E-state index in [0.717, 1.165) is 6.07 Å². The first-order valence-corrected chi connectivity index (χ1v) is 6.67. The molecule has 0 spiro atoms. The van der Waals surface area contributed by atoms with Crippen LogP contribution in [0.2, 0.25) is 0 Å². The van der Waals surface area contributed by atoms with E-state index >= 15 is 0 Å². The molecule has 8 heteroatoms. The highest BCUT2D eigenvalue weighted by molar-refractivity contribution is 5.95. The molecule has 1 atom stereocenters. The van der Waals surface area contributed by atoms with Gasteiger partial charge in [0.25, 0.3) is 5.91 Å². The van der Waals surface area contributed by atoms with Gasteiger partial charge in [0.15, 0.2) is 5.75 Å². The highest BCUT2D eigenvalue weighted by Gasteiger charge is 2.22. The monoisotopic (exact) mass is 310 g/mol. The van der Waals surface area contributed by atoms with Gasteiger partial charge < -0.3 is 14.7 Å². The van der Waals surface area contributed by atoms with Gasteiger partial charge in [0.1, 0.15) is 0 Å². The highest BCUT2D eigenvalue weighted by Crippen LogP contribution is 2.28. The molecule has 0 bridgehead atoms. The number of carbonyl (C=O) groups is 2. The summed E-state index contributed by atoms with van der Waals surface area (Å²) >= 11 is 0. The van der Waals surface area contributed by atoms with Gasteiger partial charge in [0.2, 0.25) is 0 Å². The van der Waals surface area contributed by atoms with Crippen LogP contribution in [0.1, 0.15) is 24.2 Å². The second kappa shape index (κ2) is 7.39. The lowest BCUT2D eigenvalue weighted by Crippen LogP contribution is -2.33. The van der Waals surface area contributed by atoms with E-state index in [2.05, 4.69) is 0 Å². The van der Waals surface area contributed by atoms with Crippen molar-refractivity contribution in [3.8, 4) is 5.75 Å². The van der Waals surface area contributed by atoms with Crippen LogP contribution in [0.15, 0.2) is 18.2 Å². The van der Waals surface area contributed by atoms with E-state index in [4.69, 9.17) is 9.84 Å². The summed E-state index contributed by atoms with van der Waals surface area (Å²) < 4.78 is 5.15. The van der Waals surface area contributed by atoms with Crippen molar-refractivity contribution in [3.05, 3.63) is 33.9 Å². The minimum atomic E-state index is -1.02. The zero-order chi connectivity index (χ0) is 16.9. The molecule has 0 fully saturated rings. The Morgan fingerprint density at radius 1 is 1.45 bits per heavy atom. The zero-order valence-electron chi connectivity index (χ0n) is 12.6. The third-order valence-corrected chi connectivity index (χ3v) is 3.02. The van der Waals surface area contributed by atoms with Crippen molar-refractivity contribution in [1.29, 1.82) is 0 Å². The fourth-order valence-electron chi connectivity index (χ4n) is 1.86. The zero-order valence-corrected chi connectivity index (χ0v) is 12.6. The summed E-state index contributed by atoms with van der Waals surface area (Å²) in [6, 6.07) is 3.92. The van der Waals surface area contributed by atoms with Crippen LogP contribution in [-0.2, 0) is 4.79 Å². The summed E-state index contributed by atoms with van der Waals surface area (Å²) in [4.78, 5) is 34.7. The van der Waals surface area contributed by atoms with Crippen molar-refractivity contribution in [2.45, 2.75) is 13.8 Å². The number of nitro benzene ring substituents is 1. The van der Waals surface area contributed by atoms with E-state index in [1.165, 1.54) is 31.0 Å². The van der Waals surface area contributed by atoms with E-state index in [-0.39, 0.29) is 30.2 Å². The maximum absolute atomic E-state index is 12.2. The van der Waals surface area contributed by atoms with E-state index in [1.54, 1.807) is 6.92 Å². The molecule has 1 aromatic carbocycles. The first-order valence-electron chi connectivity index (χ1n) is 6.67. The molecule has 1 unspecified atom stereocenters. The van der Waals surface area contributed by atoms with Crippen molar-refractivity contribution in [3.63, 3.8) is 0 Å². The van der Waals surface area contributed by atoms with E-state index in [0.29, 0.717) is 0 Å². The Labute approximate surface area is 127 Å². The van der Waals surface area contributed by atoms with Crippen LogP contribution in [0, 0.1) is 16.0 Å². The number of hydrogen-bond acceptors (Lipinski definition) is 5. The number of ether oxygens (including phenoxy) is 1. The maximum Gasteiger partial charge on any atom is 0.311 e. The fraction of sp³-hybridized carbons (Fsp3) is 0.429. The summed E-state index contributed by atoms with van der Waals surface area (Å²) in [5.41, 5.74) is -0.192. The standard InChI is InChI=1S/C14H18N2O6/c1-4-22-12-6-5-10(7-11(12)16(20)21)13(17)15(3)8-9(2)14(18)19/h5-7,9H,4,8H2,1-3H3,(H,18,19). The van der Waals surface area contributed by atoms with Gasteiger partial charge in [-0.3, -0.25) is 19.7 Å². The van der Waals surface area contributed by atoms with E-state index in [1.807, 2.05) is 0 Å². The van der Waals surface area contributed by atoms with E-state index in [9.17, 15) is 19.7 Å². The number of carboxylic acid groups (broad SMARTS) is 1. The number of amides is 1. The molecule has 0 aliphatic carbocycles. The molecule has 0 radical (unpaired) electrons. The molecule has 0 saturated heterocycles. The van der Waals surface area contributed by atoms with Crippen LogP contribution >= 0.6 is 0 Å². The predicted octanol–water partition coefficient (Wildman–Crippen LogP) is 1.79. The highest BCUT2D eigenvalue weighted by atomic mass is 16.6. The molecule has 0 heterocycles. The second-order valence-electron chi connectivity index (χ2n) is 4.80. The lowest BCUT2D eigenvalue weighted by Gasteiger charge is -2.19. The number of benzene rings is 1. The van der Waals surface area contributed by atoms with Gasteiger partial charge in [0.05, 0.1) is 17.4 Å². The normalized spacial score (nSPS) is 11.6. The topological polar surface area (TPSA) is 110 Å². The number of aliphatic carboxylic acids is 1. The lowest BCUT2D eigenvalue weighted by atomic mass is 10.1. The molecule has 1 amide bonds. The number of hydrogen-bond donors (Lipinski definition) is 1. The van der Waals surface area contributed by atoms with Crippen LogP contribution in [-0.4, -0.2) is 47.0 Å². The summed E-state index contributed by atoms with van der Waals surface area (Å²) in [6.45, 7) is 3.45. The molecule has 0 aliphatic rings. The smallest absolute Gasteiger partial charge is 0.311 e. The Bertz CT molecular complexity index is 587. The average Bonchev–Trinajstić information content (AvgIpc) is 2.46. The Kier molecular flexibility index (Phi) is 5.85. The molecule has 8 nitrogen and oxygen atoms in total. The third-order valence-electron chi connectivity index (χ3n) is 3.02. The van der Waals surface area contributed by atoms with Gasteiger partial charge in [-0.2, -0.15) is 0 Å². The largest absolute Gasteiger partial charge is 0.487 e. The molecule has 120 valence electrons. The SMILES string of the molecule is CCOc1ccc(C(=O)N(C)CC(C)C(=O)O)cc1[N+](=O)[O-]. The summed E-state index contributed by atoms with van der Waals surface area (Å²) in [5, 5.41) is 19.9.